The summed E-state index contributed by atoms with van der Waals surface area (Å²) in [7, 11) is 0. The van der Waals surface area contributed by atoms with Gasteiger partial charge in [0.25, 0.3) is 0 Å². The van der Waals surface area contributed by atoms with Gasteiger partial charge in [-0.25, -0.2) is 13.5 Å². The molecule has 2 aromatic rings. The van der Waals surface area contributed by atoms with E-state index in [2.05, 4.69) is 10.4 Å². The zero-order chi connectivity index (χ0) is 16.3. The van der Waals surface area contributed by atoms with E-state index < -0.39 is 11.6 Å². The Bertz CT molecular complexity index is 706. The average Bonchev–Trinajstić information content (AvgIpc) is 2.42. The molecule has 0 aliphatic heterocycles. The Labute approximate surface area is 127 Å². The minimum absolute atomic E-state index is 0.230. The van der Waals surface area contributed by atoms with Crippen molar-refractivity contribution in [1.29, 1.82) is 0 Å². The third kappa shape index (κ3) is 3.57. The van der Waals surface area contributed by atoms with Gasteiger partial charge in [-0.1, -0.05) is 19.9 Å². The summed E-state index contributed by atoms with van der Waals surface area (Å²) in [6, 6.07) is 4.95. The largest absolute Gasteiger partial charge is 0.311 e. The molecule has 0 unspecified atom stereocenters. The molecule has 4 nitrogen and oxygen atoms in total. The Kier molecular flexibility index (Phi) is 5.03. The summed E-state index contributed by atoms with van der Waals surface area (Å²) in [6.07, 6.45) is 0. The predicted octanol–water partition coefficient (Wildman–Crippen LogP) is 2.56. The van der Waals surface area contributed by atoms with Crippen LogP contribution in [0.2, 0.25) is 0 Å². The lowest BCUT2D eigenvalue weighted by Crippen LogP contribution is -2.27. The van der Waals surface area contributed by atoms with Crippen molar-refractivity contribution in [3.63, 3.8) is 0 Å². The third-order valence-electron chi connectivity index (χ3n) is 3.17. The number of nitrogens with zero attached hydrogens (tertiary/aromatic N) is 2. The van der Waals surface area contributed by atoms with Crippen molar-refractivity contribution in [2.45, 2.75) is 27.3 Å². The van der Waals surface area contributed by atoms with Crippen LogP contribution in [0.3, 0.4) is 0 Å². The second-order valence-electron chi connectivity index (χ2n) is 5.60. The normalized spacial score (nSPS) is 11.2. The van der Waals surface area contributed by atoms with Crippen molar-refractivity contribution < 1.29 is 8.78 Å². The molecule has 0 spiro atoms. The number of aryl methyl sites for hydroxylation is 1. The number of aromatic nitrogens is 2. The van der Waals surface area contributed by atoms with Crippen LogP contribution in [0.25, 0.3) is 5.69 Å². The van der Waals surface area contributed by atoms with E-state index in [-0.39, 0.29) is 23.4 Å². The molecule has 1 aromatic heterocycles. The Balaban J connectivity index is 2.42. The molecule has 0 saturated carbocycles. The first-order valence-electron chi connectivity index (χ1n) is 7.15. The van der Waals surface area contributed by atoms with Gasteiger partial charge in [0.05, 0.1) is 0 Å². The molecule has 0 bridgehead atoms. The molecule has 0 aliphatic carbocycles. The van der Waals surface area contributed by atoms with Crippen molar-refractivity contribution >= 4 is 0 Å². The summed E-state index contributed by atoms with van der Waals surface area (Å²) in [4.78, 5) is 12.0. The molecule has 1 N–H and O–H groups in total. The maximum absolute atomic E-state index is 13.9. The number of rotatable bonds is 5. The quantitative estimate of drug-likeness (QED) is 0.923. The minimum Gasteiger partial charge on any atom is -0.311 e. The van der Waals surface area contributed by atoms with Crippen LogP contribution < -0.4 is 10.7 Å². The molecule has 0 atom stereocenters. The molecule has 1 heterocycles. The Morgan fingerprint density at radius 3 is 2.50 bits per heavy atom. The highest BCUT2D eigenvalue weighted by Gasteiger charge is 2.15. The predicted molar refractivity (Wildman–Crippen MR) is 81.0 cm³/mol. The van der Waals surface area contributed by atoms with E-state index in [1.807, 2.05) is 13.8 Å². The number of para-hydroxylation sites is 1. The lowest BCUT2D eigenvalue weighted by molar-refractivity contribution is 0.530. The molecular weight excluding hydrogens is 288 g/mol. The molecule has 0 saturated heterocycles. The molecule has 6 heteroatoms. The zero-order valence-corrected chi connectivity index (χ0v) is 12.9. The van der Waals surface area contributed by atoms with E-state index in [1.165, 1.54) is 12.1 Å². The maximum Gasteiger partial charge on any atom is 0.204 e. The molecule has 118 valence electrons. The van der Waals surface area contributed by atoms with Crippen molar-refractivity contribution in [2.24, 2.45) is 5.92 Å². The SMILES string of the molecule is Cc1cc(=O)c(CNCC(C)C)nn1-c1c(F)cccc1F. The molecule has 0 aliphatic rings. The molecular formula is C16H19F2N3O. The van der Waals surface area contributed by atoms with Crippen molar-refractivity contribution in [2.75, 3.05) is 6.54 Å². The van der Waals surface area contributed by atoms with Crippen LogP contribution in [0.4, 0.5) is 8.78 Å². The second kappa shape index (κ2) is 6.79. The molecule has 0 radical (unpaired) electrons. The number of benzene rings is 1. The summed E-state index contributed by atoms with van der Waals surface area (Å²) in [5, 5.41) is 7.23. The van der Waals surface area contributed by atoms with Crippen molar-refractivity contribution in [3.05, 3.63) is 57.5 Å². The number of halogens is 2. The fourth-order valence-electron chi connectivity index (χ4n) is 2.10. The van der Waals surface area contributed by atoms with Crippen LogP contribution in [0, 0.1) is 24.5 Å². The van der Waals surface area contributed by atoms with Crippen LogP contribution in [0.1, 0.15) is 25.2 Å². The van der Waals surface area contributed by atoms with E-state index in [9.17, 15) is 13.6 Å². The summed E-state index contributed by atoms with van der Waals surface area (Å²) in [5.74, 6) is -1.02. The lowest BCUT2D eigenvalue weighted by atomic mass is 10.2. The van der Waals surface area contributed by atoms with E-state index >= 15 is 0 Å². The van der Waals surface area contributed by atoms with Gasteiger partial charge in [-0.15, -0.1) is 0 Å². The van der Waals surface area contributed by atoms with E-state index in [1.54, 1.807) is 6.92 Å². The van der Waals surface area contributed by atoms with Crippen molar-refractivity contribution in [1.82, 2.24) is 15.1 Å². The third-order valence-corrected chi connectivity index (χ3v) is 3.17. The Hall–Kier alpha value is -2.08. The highest BCUT2D eigenvalue weighted by atomic mass is 19.1. The van der Waals surface area contributed by atoms with Crippen LogP contribution in [-0.2, 0) is 6.54 Å². The summed E-state index contributed by atoms with van der Waals surface area (Å²) >= 11 is 0. The van der Waals surface area contributed by atoms with Gasteiger partial charge in [-0.05, 0) is 31.5 Å². The van der Waals surface area contributed by atoms with E-state index in [0.29, 0.717) is 11.6 Å². The molecule has 22 heavy (non-hydrogen) atoms. The van der Waals surface area contributed by atoms with Gasteiger partial charge in [-0.3, -0.25) is 4.79 Å². The monoisotopic (exact) mass is 307 g/mol. The van der Waals surface area contributed by atoms with Crippen molar-refractivity contribution in [3.8, 4) is 5.69 Å². The summed E-state index contributed by atoms with van der Waals surface area (Å²) in [6.45, 7) is 6.66. The zero-order valence-electron chi connectivity index (χ0n) is 12.9. The number of hydrogen-bond acceptors (Lipinski definition) is 3. The van der Waals surface area contributed by atoms with Gasteiger partial charge < -0.3 is 5.32 Å². The first-order chi connectivity index (χ1) is 10.4. The first-order valence-corrected chi connectivity index (χ1v) is 7.15. The molecule has 1 aromatic carbocycles. The van der Waals surface area contributed by atoms with Gasteiger partial charge in [0.2, 0.25) is 5.43 Å². The number of nitrogens with one attached hydrogen (secondary N) is 1. The van der Waals surface area contributed by atoms with Crippen LogP contribution >= 0.6 is 0 Å². The van der Waals surface area contributed by atoms with E-state index in [4.69, 9.17) is 0 Å². The molecule has 2 rings (SSSR count). The summed E-state index contributed by atoms with van der Waals surface area (Å²) in [5.41, 5.74) is 0.0855. The Morgan fingerprint density at radius 1 is 1.27 bits per heavy atom. The number of hydrogen-bond donors (Lipinski definition) is 1. The van der Waals surface area contributed by atoms with Gasteiger partial charge in [-0.2, -0.15) is 5.10 Å². The minimum atomic E-state index is -0.722. The highest BCUT2D eigenvalue weighted by Crippen LogP contribution is 2.17. The second-order valence-corrected chi connectivity index (χ2v) is 5.60. The first kappa shape index (κ1) is 16.3. The average molecular weight is 307 g/mol. The van der Waals surface area contributed by atoms with Gasteiger partial charge in [0.1, 0.15) is 11.4 Å². The fraction of sp³-hybridized carbons (Fsp3) is 0.375. The summed E-state index contributed by atoms with van der Waals surface area (Å²) < 4.78 is 29.0. The molecule has 0 fully saturated rings. The smallest absolute Gasteiger partial charge is 0.204 e. The van der Waals surface area contributed by atoms with Crippen LogP contribution in [-0.4, -0.2) is 16.3 Å². The maximum atomic E-state index is 13.9. The fourth-order valence-corrected chi connectivity index (χ4v) is 2.10. The standard InChI is InChI=1S/C16H19F2N3O/c1-10(2)8-19-9-14-15(22)7-11(3)21(20-14)16-12(17)5-4-6-13(16)18/h4-7,10,19H,8-9H2,1-3H3. The van der Waals surface area contributed by atoms with Gasteiger partial charge >= 0.3 is 0 Å². The van der Waals surface area contributed by atoms with Crippen LogP contribution in [0.15, 0.2) is 29.1 Å². The highest BCUT2D eigenvalue weighted by molar-refractivity contribution is 5.36. The van der Waals surface area contributed by atoms with Crippen LogP contribution in [0.5, 0.6) is 0 Å². The lowest BCUT2D eigenvalue weighted by Gasteiger charge is -2.13. The van der Waals surface area contributed by atoms with E-state index in [0.717, 1.165) is 23.4 Å². The Morgan fingerprint density at radius 2 is 1.91 bits per heavy atom. The van der Waals surface area contributed by atoms with Gasteiger partial charge in [0, 0.05) is 18.3 Å². The topological polar surface area (TPSA) is 46.9 Å². The van der Waals surface area contributed by atoms with Gasteiger partial charge in [0.15, 0.2) is 11.6 Å². The molecule has 0 amide bonds.